The van der Waals surface area contributed by atoms with Crippen molar-refractivity contribution < 1.29 is 22.2 Å². The lowest BCUT2D eigenvalue weighted by atomic mass is 10.2. The van der Waals surface area contributed by atoms with E-state index in [1.807, 2.05) is 0 Å². The topological polar surface area (TPSA) is 74.7 Å². The van der Waals surface area contributed by atoms with Gasteiger partial charge in [0, 0.05) is 19.5 Å². The fraction of sp³-hybridized carbons (Fsp3) is 0.875. The molecule has 0 radical (unpaired) electrons. The Kier molecular flexibility index (Phi) is 3.67. The summed E-state index contributed by atoms with van der Waals surface area (Å²) in [6.45, 7) is 1.66. The summed E-state index contributed by atoms with van der Waals surface area (Å²) in [6.07, 6.45) is -0.540. The summed E-state index contributed by atoms with van der Waals surface area (Å²) in [5, 5.41) is 8.02. The lowest BCUT2D eigenvalue weighted by Crippen LogP contribution is -2.34. The number of halogens is 1. The van der Waals surface area contributed by atoms with Crippen molar-refractivity contribution in [2.45, 2.75) is 31.1 Å². The van der Waals surface area contributed by atoms with Gasteiger partial charge in [-0.15, -0.1) is 3.89 Å². The molecule has 0 saturated carbocycles. The molecule has 1 N–H and O–H groups in total. The van der Waals surface area contributed by atoms with Gasteiger partial charge in [-0.3, -0.25) is 4.79 Å². The molecule has 1 amide bonds. The Hall–Kier alpha value is -0.690. The van der Waals surface area contributed by atoms with Gasteiger partial charge < -0.3 is 10.0 Å². The molecule has 1 aliphatic heterocycles. The minimum Gasteiger partial charge on any atom is -0.391 e. The predicted octanol–water partition coefficient (Wildman–Crippen LogP) is -0.343. The molecule has 2 atom stereocenters. The average Bonchev–Trinajstić information content (AvgIpc) is 2.47. The summed E-state index contributed by atoms with van der Waals surface area (Å²) in [4.78, 5) is 12.5. The second kappa shape index (κ2) is 4.44. The highest BCUT2D eigenvalue weighted by Gasteiger charge is 2.38. The molecule has 0 spiro atoms. The molecule has 1 fully saturated rings. The molecule has 1 aliphatic rings. The molecule has 0 bridgehead atoms. The van der Waals surface area contributed by atoms with Crippen molar-refractivity contribution in [3.8, 4) is 0 Å². The summed E-state index contributed by atoms with van der Waals surface area (Å²) in [7, 11) is -4.66. The van der Waals surface area contributed by atoms with Crippen LogP contribution in [0.1, 0.15) is 19.8 Å². The number of nitrogens with zero attached hydrogens (tertiary/aromatic N) is 1. The third kappa shape index (κ3) is 3.13. The van der Waals surface area contributed by atoms with Crippen LogP contribution in [0.25, 0.3) is 0 Å². The Bertz CT molecular complexity index is 343. The van der Waals surface area contributed by atoms with Crippen molar-refractivity contribution in [1.29, 1.82) is 0 Å². The van der Waals surface area contributed by atoms with Crippen molar-refractivity contribution in [3.63, 3.8) is 0 Å². The highest BCUT2D eigenvalue weighted by atomic mass is 32.3. The molecule has 2 unspecified atom stereocenters. The lowest BCUT2D eigenvalue weighted by Gasteiger charge is -2.18. The Morgan fingerprint density at radius 3 is 2.67 bits per heavy atom. The minimum atomic E-state index is -4.66. The predicted molar refractivity (Wildman–Crippen MR) is 51.3 cm³/mol. The number of carbonyl (C=O) groups is 1. The van der Waals surface area contributed by atoms with Crippen LogP contribution in [-0.2, 0) is 15.0 Å². The van der Waals surface area contributed by atoms with Crippen LogP contribution in [0.3, 0.4) is 0 Å². The number of β-amino-alcohol motifs (C(OH)–C–C–N with tert-alkyl or cyclic N) is 1. The van der Waals surface area contributed by atoms with E-state index >= 15 is 0 Å². The van der Waals surface area contributed by atoms with Gasteiger partial charge in [-0.05, 0) is 6.42 Å². The van der Waals surface area contributed by atoms with Gasteiger partial charge >= 0.3 is 10.2 Å². The zero-order chi connectivity index (χ0) is 11.6. The van der Waals surface area contributed by atoms with E-state index in [9.17, 15) is 22.2 Å². The molecule has 7 heteroatoms. The van der Waals surface area contributed by atoms with Gasteiger partial charge in [0.05, 0.1) is 6.10 Å². The van der Waals surface area contributed by atoms with Gasteiger partial charge in [-0.25, -0.2) is 0 Å². The molecule has 15 heavy (non-hydrogen) atoms. The van der Waals surface area contributed by atoms with E-state index in [0.29, 0.717) is 6.42 Å². The maximum Gasteiger partial charge on any atom is 0.307 e. The molecule has 0 aromatic carbocycles. The normalized spacial score (nSPS) is 24.6. The van der Waals surface area contributed by atoms with Crippen molar-refractivity contribution in [1.82, 2.24) is 4.90 Å². The number of aliphatic hydroxyl groups is 1. The van der Waals surface area contributed by atoms with E-state index in [1.54, 1.807) is 6.92 Å². The number of aliphatic hydroxyl groups excluding tert-OH is 1. The van der Waals surface area contributed by atoms with Crippen LogP contribution in [-0.4, -0.2) is 48.8 Å². The third-order valence-electron chi connectivity index (χ3n) is 2.48. The van der Waals surface area contributed by atoms with E-state index in [-0.39, 0.29) is 19.5 Å². The third-order valence-corrected chi connectivity index (χ3v) is 3.59. The molecule has 0 aliphatic carbocycles. The number of carbonyl (C=O) groups excluding carboxylic acids is 1. The molecular formula is C8H14FNO4S. The second-order valence-corrected chi connectivity index (χ2v) is 5.28. The molecule has 5 nitrogen and oxygen atoms in total. The zero-order valence-electron chi connectivity index (χ0n) is 8.39. The van der Waals surface area contributed by atoms with Crippen molar-refractivity contribution in [3.05, 3.63) is 0 Å². The summed E-state index contributed by atoms with van der Waals surface area (Å²) in [6, 6.07) is 0. The summed E-state index contributed by atoms with van der Waals surface area (Å²) in [5.74, 6) is -0.422. The first kappa shape index (κ1) is 12.4. The number of likely N-dealkylation sites (tertiary alicyclic amines) is 1. The SMILES string of the molecule is CCC(O)CN1CC(S(=O)(=O)F)CC1=O. The number of hydrogen-bond donors (Lipinski definition) is 1. The Morgan fingerprint density at radius 1 is 1.67 bits per heavy atom. The summed E-state index contributed by atoms with van der Waals surface area (Å²) >= 11 is 0. The number of amides is 1. The van der Waals surface area contributed by atoms with Crippen LogP contribution >= 0.6 is 0 Å². The average molecular weight is 239 g/mol. The first-order valence-electron chi connectivity index (χ1n) is 4.74. The summed E-state index contributed by atoms with van der Waals surface area (Å²) in [5.41, 5.74) is 0. The standard InChI is InChI=1S/C8H14FNO4S/c1-2-6(11)4-10-5-7(3-8(10)12)15(9,13)14/h6-7,11H,2-5H2,1H3. The quantitative estimate of drug-likeness (QED) is 0.681. The number of rotatable bonds is 4. The van der Waals surface area contributed by atoms with E-state index in [4.69, 9.17) is 0 Å². The van der Waals surface area contributed by atoms with Crippen molar-refractivity contribution in [2.24, 2.45) is 0 Å². The minimum absolute atomic E-state index is 0.0708. The van der Waals surface area contributed by atoms with Gasteiger partial charge in [0.15, 0.2) is 0 Å². The first-order valence-corrected chi connectivity index (χ1v) is 6.18. The first-order chi connectivity index (χ1) is 6.84. The van der Waals surface area contributed by atoms with Gasteiger partial charge in [-0.2, -0.15) is 8.42 Å². The highest BCUT2D eigenvalue weighted by Crippen LogP contribution is 2.19. The summed E-state index contributed by atoms with van der Waals surface area (Å²) < 4.78 is 33.7. The molecule has 1 rings (SSSR count). The van der Waals surface area contributed by atoms with Gasteiger partial charge in [0.25, 0.3) is 0 Å². The van der Waals surface area contributed by atoms with Crippen LogP contribution < -0.4 is 0 Å². The fourth-order valence-electron chi connectivity index (χ4n) is 1.48. The Morgan fingerprint density at radius 2 is 2.27 bits per heavy atom. The molecule has 1 saturated heterocycles. The monoisotopic (exact) mass is 239 g/mol. The maximum absolute atomic E-state index is 12.6. The zero-order valence-corrected chi connectivity index (χ0v) is 9.21. The van der Waals surface area contributed by atoms with E-state index < -0.39 is 27.5 Å². The van der Waals surface area contributed by atoms with Crippen LogP contribution in [0, 0.1) is 0 Å². The Labute approximate surface area is 88.1 Å². The molecule has 0 aromatic rings. The smallest absolute Gasteiger partial charge is 0.307 e. The van der Waals surface area contributed by atoms with Crippen LogP contribution in [0.15, 0.2) is 0 Å². The van der Waals surface area contributed by atoms with Gasteiger partial charge in [-0.1, -0.05) is 6.92 Å². The van der Waals surface area contributed by atoms with E-state index in [1.165, 1.54) is 4.90 Å². The van der Waals surface area contributed by atoms with Crippen molar-refractivity contribution in [2.75, 3.05) is 13.1 Å². The maximum atomic E-state index is 12.6. The number of hydrogen-bond acceptors (Lipinski definition) is 4. The van der Waals surface area contributed by atoms with Crippen molar-refractivity contribution >= 4 is 16.1 Å². The molecule has 88 valence electrons. The Balaban J connectivity index is 2.61. The van der Waals surface area contributed by atoms with Gasteiger partial charge in [0.1, 0.15) is 5.25 Å². The van der Waals surface area contributed by atoms with Crippen LogP contribution in [0.4, 0.5) is 3.89 Å². The second-order valence-electron chi connectivity index (χ2n) is 3.66. The van der Waals surface area contributed by atoms with Gasteiger partial charge in [0.2, 0.25) is 5.91 Å². The highest BCUT2D eigenvalue weighted by molar-refractivity contribution is 7.87. The van der Waals surface area contributed by atoms with Crippen LogP contribution in [0.5, 0.6) is 0 Å². The van der Waals surface area contributed by atoms with E-state index in [2.05, 4.69) is 0 Å². The molecule has 0 aromatic heterocycles. The fourth-order valence-corrected chi connectivity index (χ4v) is 2.18. The lowest BCUT2D eigenvalue weighted by molar-refractivity contribution is -0.128. The largest absolute Gasteiger partial charge is 0.391 e. The molecule has 1 heterocycles. The van der Waals surface area contributed by atoms with E-state index in [0.717, 1.165) is 0 Å². The molecular weight excluding hydrogens is 225 g/mol. The van der Waals surface area contributed by atoms with Crippen LogP contribution in [0.2, 0.25) is 0 Å².